The monoisotopic (exact) mass is 813 g/mol. The van der Waals surface area contributed by atoms with Crippen molar-refractivity contribution in [3.8, 4) is 0 Å². The summed E-state index contributed by atoms with van der Waals surface area (Å²) in [4.78, 5) is 25.2. The smallest absolute Gasteiger partial charge is 0.306 e. The molecule has 0 aromatic carbocycles. The van der Waals surface area contributed by atoms with Gasteiger partial charge in [0.05, 0.1) is 6.61 Å². The van der Waals surface area contributed by atoms with E-state index in [0.717, 1.165) is 57.8 Å². The first-order valence-electron chi connectivity index (χ1n) is 25.2. The van der Waals surface area contributed by atoms with Gasteiger partial charge < -0.3 is 14.2 Å². The van der Waals surface area contributed by atoms with Crippen LogP contribution in [0.1, 0.15) is 252 Å². The molecule has 0 aliphatic rings. The third-order valence-corrected chi connectivity index (χ3v) is 10.8. The van der Waals surface area contributed by atoms with Crippen molar-refractivity contribution in [3.05, 3.63) is 48.6 Å². The zero-order valence-corrected chi connectivity index (χ0v) is 38.8. The van der Waals surface area contributed by atoms with Crippen molar-refractivity contribution in [3.63, 3.8) is 0 Å². The van der Waals surface area contributed by atoms with Crippen LogP contribution in [0.4, 0.5) is 0 Å². The van der Waals surface area contributed by atoms with Crippen molar-refractivity contribution >= 4 is 11.9 Å². The molecule has 0 rings (SSSR count). The standard InChI is InChI=1S/C53H96O5/c1-4-7-10-13-16-18-20-22-24-26-28-30-32-34-36-39-42-45-48-56-49-51(58-53(55)47-44-41-37-15-12-9-6-3)50-57-52(54)46-43-40-38-35-33-31-29-27-25-23-21-19-17-14-11-8-5-2/h16-19,22-25,51H,4-15,20-21,26-50H2,1-3H3/b18-16-,19-17-,24-22-,25-23-. The minimum absolute atomic E-state index is 0.0806. The lowest BCUT2D eigenvalue weighted by Crippen LogP contribution is -2.30. The fourth-order valence-corrected chi connectivity index (χ4v) is 7.04. The van der Waals surface area contributed by atoms with Gasteiger partial charge in [0.2, 0.25) is 0 Å². The molecule has 0 aliphatic heterocycles. The molecular weight excluding hydrogens is 717 g/mol. The average molecular weight is 813 g/mol. The van der Waals surface area contributed by atoms with E-state index in [0.29, 0.717) is 19.4 Å². The Balaban J connectivity index is 4.12. The molecular formula is C53H96O5. The number of hydrogen-bond donors (Lipinski definition) is 0. The summed E-state index contributed by atoms with van der Waals surface area (Å²) in [7, 11) is 0. The van der Waals surface area contributed by atoms with E-state index in [9.17, 15) is 9.59 Å². The van der Waals surface area contributed by atoms with Crippen LogP contribution in [0, 0.1) is 0 Å². The minimum Gasteiger partial charge on any atom is -0.462 e. The predicted molar refractivity (Wildman–Crippen MR) is 251 cm³/mol. The Morgan fingerprint density at radius 1 is 0.379 bits per heavy atom. The first-order chi connectivity index (χ1) is 28.6. The first kappa shape index (κ1) is 55.9. The predicted octanol–water partition coefficient (Wildman–Crippen LogP) is 16.8. The largest absolute Gasteiger partial charge is 0.462 e. The second-order valence-corrected chi connectivity index (χ2v) is 16.7. The van der Waals surface area contributed by atoms with Crippen LogP contribution < -0.4 is 0 Å². The number of carbonyl (C=O) groups is 2. The van der Waals surface area contributed by atoms with Crippen molar-refractivity contribution in [2.24, 2.45) is 0 Å². The van der Waals surface area contributed by atoms with Gasteiger partial charge in [0.25, 0.3) is 0 Å². The maximum atomic E-state index is 12.7. The molecule has 0 saturated heterocycles. The summed E-state index contributed by atoms with van der Waals surface area (Å²) in [6, 6.07) is 0. The van der Waals surface area contributed by atoms with E-state index >= 15 is 0 Å². The highest BCUT2D eigenvalue weighted by molar-refractivity contribution is 5.70. The van der Waals surface area contributed by atoms with Gasteiger partial charge in [-0.25, -0.2) is 0 Å². The van der Waals surface area contributed by atoms with Crippen molar-refractivity contribution in [1.82, 2.24) is 0 Å². The molecule has 58 heavy (non-hydrogen) atoms. The summed E-state index contributed by atoms with van der Waals surface area (Å²) in [5.41, 5.74) is 0. The van der Waals surface area contributed by atoms with Crippen molar-refractivity contribution in [2.75, 3.05) is 19.8 Å². The molecule has 0 aromatic rings. The number of allylic oxidation sites excluding steroid dienone is 8. The van der Waals surface area contributed by atoms with Gasteiger partial charge in [-0.3, -0.25) is 9.59 Å². The number of ether oxygens (including phenoxy) is 3. The first-order valence-corrected chi connectivity index (χ1v) is 25.2. The van der Waals surface area contributed by atoms with Gasteiger partial charge in [0.1, 0.15) is 6.61 Å². The average Bonchev–Trinajstić information content (AvgIpc) is 3.22. The lowest BCUT2D eigenvalue weighted by atomic mass is 10.1. The van der Waals surface area contributed by atoms with Crippen molar-refractivity contribution in [2.45, 2.75) is 258 Å². The molecule has 0 aliphatic carbocycles. The van der Waals surface area contributed by atoms with Crippen LogP contribution in [0.15, 0.2) is 48.6 Å². The molecule has 1 unspecified atom stereocenters. The van der Waals surface area contributed by atoms with E-state index in [4.69, 9.17) is 14.2 Å². The molecule has 0 amide bonds. The van der Waals surface area contributed by atoms with Crippen molar-refractivity contribution < 1.29 is 23.8 Å². The van der Waals surface area contributed by atoms with Crippen LogP contribution in [-0.4, -0.2) is 37.9 Å². The Bertz CT molecular complexity index is 966. The molecule has 0 heterocycles. The van der Waals surface area contributed by atoms with E-state index in [2.05, 4.69) is 69.4 Å². The summed E-state index contributed by atoms with van der Waals surface area (Å²) < 4.78 is 17.3. The Labute approximate surface area is 361 Å². The number of unbranched alkanes of at least 4 members (excludes halogenated alkanes) is 27. The fourth-order valence-electron chi connectivity index (χ4n) is 7.04. The molecule has 1 atom stereocenters. The summed E-state index contributed by atoms with van der Waals surface area (Å²) in [5.74, 6) is -0.408. The highest BCUT2D eigenvalue weighted by Gasteiger charge is 2.17. The summed E-state index contributed by atoms with van der Waals surface area (Å²) in [5, 5.41) is 0. The van der Waals surface area contributed by atoms with Crippen molar-refractivity contribution in [1.29, 1.82) is 0 Å². The lowest BCUT2D eigenvalue weighted by Gasteiger charge is -2.18. The molecule has 5 heteroatoms. The number of esters is 2. The molecule has 0 bridgehead atoms. The van der Waals surface area contributed by atoms with Gasteiger partial charge in [-0.15, -0.1) is 0 Å². The summed E-state index contributed by atoms with van der Waals surface area (Å²) in [6.45, 7) is 7.74. The number of hydrogen-bond acceptors (Lipinski definition) is 5. The van der Waals surface area contributed by atoms with Crippen LogP contribution in [0.3, 0.4) is 0 Å². The van der Waals surface area contributed by atoms with E-state index in [1.807, 2.05) is 0 Å². The van der Waals surface area contributed by atoms with E-state index in [1.54, 1.807) is 0 Å². The fraction of sp³-hybridized carbons (Fsp3) is 0.811. The van der Waals surface area contributed by atoms with Crippen LogP contribution in [0.5, 0.6) is 0 Å². The van der Waals surface area contributed by atoms with Gasteiger partial charge in [0.15, 0.2) is 6.10 Å². The Morgan fingerprint density at radius 3 is 1.17 bits per heavy atom. The highest BCUT2D eigenvalue weighted by Crippen LogP contribution is 2.14. The van der Waals surface area contributed by atoms with Gasteiger partial charge in [-0.05, 0) is 83.5 Å². The van der Waals surface area contributed by atoms with E-state index < -0.39 is 6.10 Å². The van der Waals surface area contributed by atoms with Crippen LogP contribution in [0.2, 0.25) is 0 Å². The third kappa shape index (κ3) is 46.5. The SMILES string of the molecule is CCCCC/C=C\C/C=C\CCCCCCCCCCOCC(COC(=O)CCCCCCCCC/C=C\C/C=C\CCCCC)OC(=O)CCCCCCCCC. The molecule has 0 N–H and O–H groups in total. The molecule has 5 nitrogen and oxygen atoms in total. The summed E-state index contributed by atoms with van der Waals surface area (Å²) in [6.07, 6.45) is 59.8. The molecule has 338 valence electrons. The van der Waals surface area contributed by atoms with Crippen LogP contribution in [-0.2, 0) is 23.8 Å². The summed E-state index contributed by atoms with van der Waals surface area (Å²) >= 11 is 0. The van der Waals surface area contributed by atoms with Gasteiger partial charge in [-0.2, -0.15) is 0 Å². The quantitative estimate of drug-likeness (QED) is 0.0348. The number of rotatable bonds is 46. The molecule has 0 saturated carbocycles. The van der Waals surface area contributed by atoms with Gasteiger partial charge in [0, 0.05) is 19.4 Å². The topological polar surface area (TPSA) is 61.8 Å². The Kier molecular flexibility index (Phi) is 47.4. The molecule has 0 aromatic heterocycles. The van der Waals surface area contributed by atoms with E-state index in [-0.39, 0.29) is 25.2 Å². The molecule has 0 spiro atoms. The number of carbonyl (C=O) groups excluding carboxylic acids is 2. The zero-order chi connectivity index (χ0) is 42.1. The van der Waals surface area contributed by atoms with Gasteiger partial charge in [-0.1, -0.05) is 204 Å². The minimum atomic E-state index is -0.537. The lowest BCUT2D eigenvalue weighted by molar-refractivity contribution is -0.163. The zero-order valence-electron chi connectivity index (χ0n) is 38.8. The van der Waals surface area contributed by atoms with Gasteiger partial charge >= 0.3 is 11.9 Å². The maximum Gasteiger partial charge on any atom is 0.306 e. The Morgan fingerprint density at radius 2 is 0.724 bits per heavy atom. The highest BCUT2D eigenvalue weighted by atomic mass is 16.6. The normalized spacial score (nSPS) is 12.5. The maximum absolute atomic E-state index is 12.7. The molecule has 0 radical (unpaired) electrons. The third-order valence-electron chi connectivity index (χ3n) is 10.8. The second kappa shape index (κ2) is 49.2. The van der Waals surface area contributed by atoms with Crippen LogP contribution in [0.25, 0.3) is 0 Å². The second-order valence-electron chi connectivity index (χ2n) is 16.7. The van der Waals surface area contributed by atoms with Crippen LogP contribution >= 0.6 is 0 Å². The Hall–Kier alpha value is -2.14. The van der Waals surface area contributed by atoms with E-state index in [1.165, 1.54) is 161 Å². The molecule has 0 fully saturated rings.